The summed E-state index contributed by atoms with van der Waals surface area (Å²) in [5, 5.41) is 12.9. The Hall–Kier alpha value is -1.13. The number of likely N-dealkylation sites (N-methyl/N-ethyl adjacent to an activating group) is 1. The molecule has 0 bridgehead atoms. The highest BCUT2D eigenvalue weighted by molar-refractivity contribution is 5.25. The zero-order valence-electron chi connectivity index (χ0n) is 9.23. The van der Waals surface area contributed by atoms with Crippen LogP contribution in [0.2, 0.25) is 0 Å². The molecule has 1 rings (SSSR count). The van der Waals surface area contributed by atoms with Gasteiger partial charge in [0.1, 0.15) is 5.75 Å². The smallest absolute Gasteiger partial charge is 0.137 e. The average Bonchev–Trinajstić information content (AvgIpc) is 2.27. The largest absolute Gasteiger partial charge is 0.492 e. The van der Waals surface area contributed by atoms with E-state index in [1.54, 1.807) is 12.4 Å². The molecule has 0 aliphatic rings. The van der Waals surface area contributed by atoms with Crippen LogP contribution in [-0.4, -0.2) is 29.8 Å². The van der Waals surface area contributed by atoms with Gasteiger partial charge in [-0.2, -0.15) is 0 Å². The molecular formula is C11H18N2O2. The Morgan fingerprint density at radius 3 is 2.93 bits per heavy atom. The van der Waals surface area contributed by atoms with Gasteiger partial charge in [0, 0.05) is 18.3 Å². The average molecular weight is 210 g/mol. The minimum Gasteiger partial charge on any atom is -0.492 e. The van der Waals surface area contributed by atoms with Crippen LogP contribution in [0.4, 0.5) is 0 Å². The van der Waals surface area contributed by atoms with E-state index in [1.165, 1.54) is 0 Å². The SMILES string of the molecule is CCNCC(O)c1cncc(OCC)c1. The van der Waals surface area contributed by atoms with Crippen molar-refractivity contribution in [2.75, 3.05) is 19.7 Å². The molecule has 0 aliphatic heterocycles. The molecule has 0 saturated carbocycles. The maximum Gasteiger partial charge on any atom is 0.137 e. The van der Waals surface area contributed by atoms with Gasteiger partial charge in [-0.1, -0.05) is 6.92 Å². The van der Waals surface area contributed by atoms with Crippen LogP contribution in [0.15, 0.2) is 18.5 Å². The molecule has 0 saturated heterocycles. The van der Waals surface area contributed by atoms with Gasteiger partial charge in [0.25, 0.3) is 0 Å². The summed E-state index contributed by atoms with van der Waals surface area (Å²) >= 11 is 0. The third-order valence-electron chi connectivity index (χ3n) is 2.02. The summed E-state index contributed by atoms with van der Waals surface area (Å²) in [5.41, 5.74) is 0.780. The number of ether oxygens (including phenoxy) is 1. The fourth-order valence-corrected chi connectivity index (χ4v) is 1.26. The van der Waals surface area contributed by atoms with Gasteiger partial charge < -0.3 is 15.2 Å². The third kappa shape index (κ3) is 3.85. The zero-order chi connectivity index (χ0) is 11.1. The van der Waals surface area contributed by atoms with Crippen LogP contribution in [0, 0.1) is 0 Å². The first-order chi connectivity index (χ1) is 7.27. The summed E-state index contributed by atoms with van der Waals surface area (Å²) in [5.74, 6) is 0.700. The monoisotopic (exact) mass is 210 g/mol. The standard InChI is InChI=1S/C11H18N2O2/c1-3-12-8-11(14)9-5-10(15-4-2)7-13-6-9/h5-7,11-12,14H,3-4,8H2,1-2H3. The predicted molar refractivity (Wildman–Crippen MR) is 58.9 cm³/mol. The van der Waals surface area contributed by atoms with Crippen molar-refractivity contribution in [1.29, 1.82) is 0 Å². The first-order valence-corrected chi connectivity index (χ1v) is 5.24. The van der Waals surface area contributed by atoms with Gasteiger partial charge in [-0.05, 0) is 19.5 Å². The number of aliphatic hydroxyl groups is 1. The fraction of sp³-hybridized carbons (Fsp3) is 0.545. The van der Waals surface area contributed by atoms with E-state index in [0.29, 0.717) is 18.9 Å². The number of nitrogens with one attached hydrogen (secondary N) is 1. The lowest BCUT2D eigenvalue weighted by atomic mass is 10.1. The molecule has 84 valence electrons. The molecule has 0 aliphatic carbocycles. The summed E-state index contributed by atoms with van der Waals surface area (Å²) < 4.78 is 5.31. The molecule has 2 N–H and O–H groups in total. The summed E-state index contributed by atoms with van der Waals surface area (Å²) in [4.78, 5) is 4.02. The molecule has 1 aromatic rings. The van der Waals surface area contributed by atoms with Crippen molar-refractivity contribution in [2.24, 2.45) is 0 Å². The Morgan fingerprint density at radius 1 is 1.47 bits per heavy atom. The van der Waals surface area contributed by atoms with E-state index in [4.69, 9.17) is 4.74 Å². The van der Waals surface area contributed by atoms with E-state index in [9.17, 15) is 5.11 Å². The summed E-state index contributed by atoms with van der Waals surface area (Å²) in [6.45, 7) is 5.90. The van der Waals surface area contributed by atoms with Gasteiger partial charge in [-0.3, -0.25) is 4.98 Å². The van der Waals surface area contributed by atoms with Gasteiger partial charge in [-0.25, -0.2) is 0 Å². The topological polar surface area (TPSA) is 54.4 Å². The number of pyridine rings is 1. The first-order valence-electron chi connectivity index (χ1n) is 5.24. The lowest BCUT2D eigenvalue weighted by Gasteiger charge is -2.12. The third-order valence-corrected chi connectivity index (χ3v) is 2.02. The molecule has 15 heavy (non-hydrogen) atoms. The maximum atomic E-state index is 9.79. The second-order valence-corrected chi connectivity index (χ2v) is 3.21. The van der Waals surface area contributed by atoms with Crippen LogP contribution in [0.3, 0.4) is 0 Å². The van der Waals surface area contributed by atoms with Crippen LogP contribution in [0.25, 0.3) is 0 Å². The quantitative estimate of drug-likeness (QED) is 0.739. The van der Waals surface area contributed by atoms with Crippen LogP contribution in [0.5, 0.6) is 5.75 Å². The van der Waals surface area contributed by atoms with E-state index in [1.807, 2.05) is 19.9 Å². The van der Waals surface area contributed by atoms with Gasteiger partial charge >= 0.3 is 0 Å². The number of rotatable bonds is 6. The normalized spacial score (nSPS) is 12.5. The van der Waals surface area contributed by atoms with Gasteiger partial charge in [0.05, 0.1) is 18.9 Å². The molecule has 1 heterocycles. The van der Waals surface area contributed by atoms with Crippen molar-refractivity contribution in [3.05, 3.63) is 24.0 Å². The number of aromatic nitrogens is 1. The van der Waals surface area contributed by atoms with E-state index >= 15 is 0 Å². The molecular weight excluding hydrogens is 192 g/mol. The predicted octanol–water partition coefficient (Wildman–Crippen LogP) is 1.12. The summed E-state index contributed by atoms with van der Waals surface area (Å²) in [7, 11) is 0. The Kier molecular flexibility index (Phi) is 5.07. The lowest BCUT2D eigenvalue weighted by molar-refractivity contribution is 0.174. The van der Waals surface area contributed by atoms with Crippen LogP contribution >= 0.6 is 0 Å². The van der Waals surface area contributed by atoms with Crippen molar-refractivity contribution in [2.45, 2.75) is 20.0 Å². The highest BCUT2D eigenvalue weighted by Crippen LogP contribution is 2.16. The first kappa shape index (κ1) is 11.9. The minimum absolute atomic E-state index is 0.530. The zero-order valence-corrected chi connectivity index (χ0v) is 9.23. The summed E-state index contributed by atoms with van der Waals surface area (Å²) in [6.07, 6.45) is 2.77. The van der Waals surface area contributed by atoms with Crippen molar-refractivity contribution >= 4 is 0 Å². The van der Waals surface area contributed by atoms with Crippen LogP contribution in [0.1, 0.15) is 25.5 Å². The Labute approximate surface area is 90.3 Å². The van der Waals surface area contributed by atoms with Crippen LogP contribution in [-0.2, 0) is 0 Å². The van der Waals surface area contributed by atoms with E-state index in [2.05, 4.69) is 10.3 Å². The van der Waals surface area contributed by atoms with Crippen molar-refractivity contribution < 1.29 is 9.84 Å². The number of hydrogen-bond acceptors (Lipinski definition) is 4. The summed E-state index contributed by atoms with van der Waals surface area (Å²) in [6, 6.07) is 1.82. The highest BCUT2D eigenvalue weighted by Gasteiger charge is 2.07. The number of hydrogen-bond donors (Lipinski definition) is 2. The van der Waals surface area contributed by atoms with E-state index in [0.717, 1.165) is 12.1 Å². The molecule has 1 aromatic heterocycles. The second-order valence-electron chi connectivity index (χ2n) is 3.21. The maximum absolute atomic E-state index is 9.79. The lowest BCUT2D eigenvalue weighted by Crippen LogP contribution is -2.20. The number of nitrogens with zero attached hydrogens (tertiary/aromatic N) is 1. The molecule has 1 unspecified atom stereocenters. The molecule has 4 nitrogen and oxygen atoms in total. The fourth-order valence-electron chi connectivity index (χ4n) is 1.26. The van der Waals surface area contributed by atoms with Gasteiger partial charge in [0.15, 0.2) is 0 Å². The molecule has 1 atom stereocenters. The molecule has 0 radical (unpaired) electrons. The van der Waals surface area contributed by atoms with E-state index in [-0.39, 0.29) is 0 Å². The minimum atomic E-state index is -0.530. The molecule has 0 aromatic carbocycles. The Balaban J connectivity index is 2.62. The van der Waals surface area contributed by atoms with E-state index < -0.39 is 6.10 Å². The number of aliphatic hydroxyl groups excluding tert-OH is 1. The Bertz CT molecular complexity index is 292. The molecule has 4 heteroatoms. The van der Waals surface area contributed by atoms with Crippen LogP contribution < -0.4 is 10.1 Å². The molecule has 0 amide bonds. The second kappa shape index (κ2) is 6.37. The Morgan fingerprint density at radius 2 is 2.27 bits per heavy atom. The highest BCUT2D eigenvalue weighted by atomic mass is 16.5. The molecule has 0 fully saturated rings. The van der Waals surface area contributed by atoms with Gasteiger partial charge in [-0.15, -0.1) is 0 Å². The van der Waals surface area contributed by atoms with Gasteiger partial charge in [0.2, 0.25) is 0 Å². The van der Waals surface area contributed by atoms with Crippen molar-refractivity contribution in [3.8, 4) is 5.75 Å². The van der Waals surface area contributed by atoms with Crippen molar-refractivity contribution in [3.63, 3.8) is 0 Å². The molecule has 0 spiro atoms. The van der Waals surface area contributed by atoms with Crippen molar-refractivity contribution in [1.82, 2.24) is 10.3 Å².